The SMILES string of the molecule is C=C.CCCCCCCCCC(OCCC)(OCCC)OCCC. The van der Waals surface area contributed by atoms with Gasteiger partial charge in [-0.3, -0.25) is 0 Å². The molecular weight excluding hydrogens is 300 g/mol. The number of hydrogen-bond acceptors (Lipinski definition) is 3. The maximum Gasteiger partial charge on any atom is 0.282 e. The van der Waals surface area contributed by atoms with E-state index in [9.17, 15) is 0 Å². The fourth-order valence-electron chi connectivity index (χ4n) is 2.41. The van der Waals surface area contributed by atoms with Crippen molar-refractivity contribution >= 4 is 0 Å². The maximum atomic E-state index is 5.98. The van der Waals surface area contributed by atoms with E-state index in [4.69, 9.17) is 14.2 Å². The average Bonchev–Trinajstić information content (AvgIpc) is 2.63. The lowest BCUT2D eigenvalue weighted by Crippen LogP contribution is -2.40. The lowest BCUT2D eigenvalue weighted by atomic mass is 10.1. The number of hydrogen-bond donors (Lipinski definition) is 0. The molecule has 0 aromatic rings. The molecule has 3 heteroatoms. The Morgan fingerprint density at radius 1 is 0.542 bits per heavy atom. The van der Waals surface area contributed by atoms with Crippen LogP contribution < -0.4 is 0 Å². The van der Waals surface area contributed by atoms with E-state index in [-0.39, 0.29) is 0 Å². The summed E-state index contributed by atoms with van der Waals surface area (Å²) in [6.07, 6.45) is 12.9. The van der Waals surface area contributed by atoms with Crippen LogP contribution in [0.3, 0.4) is 0 Å². The molecule has 3 nitrogen and oxygen atoms in total. The molecule has 0 bridgehead atoms. The number of unbranched alkanes of at least 4 members (excludes halogenated alkanes) is 6. The topological polar surface area (TPSA) is 27.7 Å². The number of ether oxygens (including phenoxy) is 3. The normalized spacial score (nSPS) is 11.2. The first kappa shape index (κ1) is 25.9. The Labute approximate surface area is 152 Å². The quantitative estimate of drug-likeness (QED) is 0.164. The monoisotopic (exact) mass is 344 g/mol. The van der Waals surface area contributed by atoms with Gasteiger partial charge in [0.05, 0.1) is 19.8 Å². The third-order valence-corrected chi connectivity index (χ3v) is 3.66. The first-order valence-electron chi connectivity index (χ1n) is 10.2. The molecule has 0 aromatic carbocycles. The third-order valence-electron chi connectivity index (χ3n) is 3.66. The Morgan fingerprint density at radius 2 is 0.917 bits per heavy atom. The highest BCUT2D eigenvalue weighted by atomic mass is 16.9. The fourth-order valence-corrected chi connectivity index (χ4v) is 2.41. The highest BCUT2D eigenvalue weighted by Gasteiger charge is 2.32. The summed E-state index contributed by atoms with van der Waals surface area (Å²) in [5.41, 5.74) is 0. The van der Waals surface area contributed by atoms with Crippen LogP contribution in [0.5, 0.6) is 0 Å². The molecule has 0 heterocycles. The molecule has 0 spiro atoms. The second-order valence-corrected chi connectivity index (χ2v) is 6.10. The molecule has 24 heavy (non-hydrogen) atoms. The van der Waals surface area contributed by atoms with Gasteiger partial charge in [0.15, 0.2) is 0 Å². The van der Waals surface area contributed by atoms with Gasteiger partial charge in [0.2, 0.25) is 0 Å². The van der Waals surface area contributed by atoms with Crippen LogP contribution in [0.25, 0.3) is 0 Å². The first-order chi connectivity index (χ1) is 11.7. The first-order valence-corrected chi connectivity index (χ1v) is 10.2. The Kier molecular flexibility index (Phi) is 22.3. The zero-order chi connectivity index (χ0) is 18.5. The predicted molar refractivity (Wildman–Crippen MR) is 105 cm³/mol. The fraction of sp³-hybridized carbons (Fsp3) is 0.905. The molecule has 0 rings (SSSR count). The van der Waals surface area contributed by atoms with Gasteiger partial charge in [0.1, 0.15) is 0 Å². The van der Waals surface area contributed by atoms with Crippen molar-refractivity contribution in [3.8, 4) is 0 Å². The van der Waals surface area contributed by atoms with Gasteiger partial charge in [-0.15, -0.1) is 13.2 Å². The molecule has 0 unspecified atom stereocenters. The lowest BCUT2D eigenvalue weighted by molar-refractivity contribution is -0.383. The van der Waals surface area contributed by atoms with Gasteiger partial charge in [-0.05, 0) is 25.7 Å². The molecule has 0 amide bonds. The van der Waals surface area contributed by atoms with Crippen molar-refractivity contribution in [2.24, 2.45) is 0 Å². The summed E-state index contributed by atoms with van der Waals surface area (Å²) in [6.45, 7) is 16.7. The summed E-state index contributed by atoms with van der Waals surface area (Å²) in [5.74, 6) is -0.800. The third kappa shape index (κ3) is 15.2. The van der Waals surface area contributed by atoms with Gasteiger partial charge >= 0.3 is 0 Å². The van der Waals surface area contributed by atoms with Crippen molar-refractivity contribution in [3.05, 3.63) is 13.2 Å². The van der Waals surface area contributed by atoms with E-state index in [1.807, 2.05) is 0 Å². The Hall–Kier alpha value is -0.380. The molecule has 0 aliphatic rings. The van der Waals surface area contributed by atoms with Crippen molar-refractivity contribution in [2.75, 3.05) is 19.8 Å². The van der Waals surface area contributed by atoms with Crippen LogP contribution in [0.4, 0.5) is 0 Å². The molecule has 0 atom stereocenters. The highest BCUT2D eigenvalue weighted by Crippen LogP contribution is 2.25. The van der Waals surface area contributed by atoms with Gasteiger partial charge in [0, 0.05) is 6.42 Å². The molecule has 0 saturated heterocycles. The molecule has 146 valence electrons. The Morgan fingerprint density at radius 3 is 1.29 bits per heavy atom. The zero-order valence-corrected chi connectivity index (χ0v) is 17.0. The van der Waals surface area contributed by atoms with Crippen LogP contribution in [0.15, 0.2) is 13.2 Å². The molecule has 0 aliphatic carbocycles. The summed E-state index contributed by atoms with van der Waals surface area (Å²) < 4.78 is 18.0. The van der Waals surface area contributed by atoms with E-state index in [0.717, 1.165) is 32.1 Å². The summed E-state index contributed by atoms with van der Waals surface area (Å²) in [6, 6.07) is 0. The molecule has 0 radical (unpaired) electrons. The average molecular weight is 345 g/mol. The van der Waals surface area contributed by atoms with Crippen molar-refractivity contribution in [1.29, 1.82) is 0 Å². The zero-order valence-electron chi connectivity index (χ0n) is 17.0. The van der Waals surface area contributed by atoms with Crippen LogP contribution >= 0.6 is 0 Å². The summed E-state index contributed by atoms with van der Waals surface area (Å²) in [5, 5.41) is 0. The van der Waals surface area contributed by atoms with E-state index < -0.39 is 5.97 Å². The van der Waals surface area contributed by atoms with Gasteiger partial charge < -0.3 is 14.2 Å². The number of rotatable bonds is 17. The van der Waals surface area contributed by atoms with Gasteiger partial charge in [-0.1, -0.05) is 66.2 Å². The predicted octanol–water partition coefficient (Wildman–Crippen LogP) is 6.86. The van der Waals surface area contributed by atoms with E-state index in [1.165, 1.54) is 38.5 Å². The molecular formula is C21H44O3. The molecule has 0 saturated carbocycles. The molecule has 0 fully saturated rings. The van der Waals surface area contributed by atoms with E-state index in [0.29, 0.717) is 19.8 Å². The van der Waals surface area contributed by atoms with E-state index in [2.05, 4.69) is 40.9 Å². The van der Waals surface area contributed by atoms with Gasteiger partial charge in [-0.2, -0.15) is 0 Å². The maximum absolute atomic E-state index is 5.98. The molecule has 0 N–H and O–H groups in total. The second-order valence-electron chi connectivity index (χ2n) is 6.10. The molecule has 0 aromatic heterocycles. The Bertz CT molecular complexity index is 209. The summed E-state index contributed by atoms with van der Waals surface area (Å²) >= 11 is 0. The van der Waals surface area contributed by atoms with Crippen LogP contribution in [0, 0.1) is 0 Å². The van der Waals surface area contributed by atoms with Crippen molar-refractivity contribution < 1.29 is 14.2 Å². The van der Waals surface area contributed by atoms with Crippen molar-refractivity contribution in [3.63, 3.8) is 0 Å². The minimum absolute atomic E-state index is 0.698. The van der Waals surface area contributed by atoms with Crippen LogP contribution in [-0.2, 0) is 14.2 Å². The smallest absolute Gasteiger partial charge is 0.282 e. The highest BCUT2D eigenvalue weighted by molar-refractivity contribution is 4.60. The largest absolute Gasteiger partial charge is 0.327 e. The van der Waals surface area contributed by atoms with Gasteiger partial charge in [0.25, 0.3) is 5.97 Å². The van der Waals surface area contributed by atoms with E-state index in [1.54, 1.807) is 0 Å². The minimum atomic E-state index is -0.800. The minimum Gasteiger partial charge on any atom is -0.327 e. The summed E-state index contributed by atoms with van der Waals surface area (Å²) in [7, 11) is 0. The van der Waals surface area contributed by atoms with Gasteiger partial charge in [-0.25, -0.2) is 0 Å². The lowest BCUT2D eigenvalue weighted by Gasteiger charge is -2.33. The van der Waals surface area contributed by atoms with Crippen molar-refractivity contribution in [1.82, 2.24) is 0 Å². The molecule has 0 aliphatic heterocycles. The summed E-state index contributed by atoms with van der Waals surface area (Å²) in [4.78, 5) is 0. The Balaban J connectivity index is 0. The van der Waals surface area contributed by atoms with E-state index >= 15 is 0 Å². The standard InChI is InChI=1S/C19H40O3.C2H4/c1-5-9-10-11-12-13-14-15-19(20-16-6-2,21-17-7-3)22-18-8-4;1-2/h5-18H2,1-4H3;1-2H2. The van der Waals surface area contributed by atoms with Crippen LogP contribution in [-0.4, -0.2) is 25.8 Å². The second kappa shape index (κ2) is 20.7. The van der Waals surface area contributed by atoms with Crippen LogP contribution in [0.2, 0.25) is 0 Å². The van der Waals surface area contributed by atoms with Crippen LogP contribution in [0.1, 0.15) is 98.3 Å². The van der Waals surface area contributed by atoms with Crippen molar-refractivity contribution in [2.45, 2.75) is 104 Å².